The lowest BCUT2D eigenvalue weighted by Crippen LogP contribution is -2.31. The molecule has 1 aromatic rings. The maximum absolute atomic E-state index is 12.2. The summed E-state index contributed by atoms with van der Waals surface area (Å²) in [6.45, 7) is 4.40. The molecule has 0 saturated heterocycles. The van der Waals surface area contributed by atoms with E-state index in [1.165, 1.54) is 0 Å². The maximum Gasteiger partial charge on any atom is 0.326 e. The van der Waals surface area contributed by atoms with Gasteiger partial charge in [0, 0.05) is 30.0 Å². The van der Waals surface area contributed by atoms with Crippen molar-refractivity contribution >= 4 is 17.6 Å². The van der Waals surface area contributed by atoms with Crippen molar-refractivity contribution in [3.63, 3.8) is 0 Å². The number of aliphatic imine (C=N–C) groups is 1. The second kappa shape index (κ2) is 5.36. The molecular formula is C15H18N4O. The van der Waals surface area contributed by atoms with E-state index in [4.69, 9.17) is 0 Å². The van der Waals surface area contributed by atoms with E-state index in [1.807, 2.05) is 31.2 Å². The number of benzene rings is 1. The number of anilines is 1. The van der Waals surface area contributed by atoms with E-state index in [1.54, 1.807) is 4.90 Å². The quantitative estimate of drug-likeness (QED) is 0.865. The zero-order valence-electron chi connectivity index (χ0n) is 11.5. The predicted octanol–water partition coefficient (Wildman–Crippen LogP) is 2.18. The van der Waals surface area contributed by atoms with Gasteiger partial charge in [0.15, 0.2) is 0 Å². The van der Waals surface area contributed by atoms with E-state index in [2.05, 4.69) is 21.7 Å². The molecule has 3 rings (SSSR count). The average molecular weight is 270 g/mol. The summed E-state index contributed by atoms with van der Waals surface area (Å²) < 4.78 is 0. The van der Waals surface area contributed by atoms with Crippen LogP contribution in [0, 0.1) is 0 Å². The van der Waals surface area contributed by atoms with Gasteiger partial charge in [0.05, 0.1) is 6.54 Å². The minimum Gasteiger partial charge on any atom is -0.368 e. The van der Waals surface area contributed by atoms with Gasteiger partial charge in [-0.1, -0.05) is 18.2 Å². The second-order valence-electron chi connectivity index (χ2n) is 4.95. The lowest BCUT2D eigenvalue weighted by molar-refractivity contribution is 0.228. The van der Waals surface area contributed by atoms with Crippen LogP contribution >= 0.6 is 0 Å². The smallest absolute Gasteiger partial charge is 0.326 e. The monoisotopic (exact) mass is 270 g/mol. The van der Waals surface area contributed by atoms with Crippen molar-refractivity contribution in [2.45, 2.75) is 13.3 Å². The minimum absolute atomic E-state index is 0.0743. The molecule has 104 valence electrons. The van der Waals surface area contributed by atoms with Crippen molar-refractivity contribution in [2.24, 2.45) is 4.99 Å². The van der Waals surface area contributed by atoms with Crippen LogP contribution in [0.3, 0.4) is 0 Å². The van der Waals surface area contributed by atoms with E-state index in [0.29, 0.717) is 0 Å². The molecule has 0 unspecified atom stereocenters. The number of carbonyl (C=O) groups excluding carboxylic acids is 1. The Morgan fingerprint density at radius 2 is 2.35 bits per heavy atom. The molecule has 2 N–H and O–H groups in total. The number of rotatable bonds is 2. The van der Waals surface area contributed by atoms with Gasteiger partial charge in [-0.15, -0.1) is 0 Å². The Balaban J connectivity index is 1.73. The van der Waals surface area contributed by atoms with E-state index in [0.717, 1.165) is 48.8 Å². The SMILES string of the molecule is CC1=CCCN1C(=O)Nc1cccc(C2=NCCN2)c1. The Morgan fingerprint density at radius 3 is 3.05 bits per heavy atom. The van der Waals surface area contributed by atoms with Crippen LogP contribution in [0.5, 0.6) is 0 Å². The van der Waals surface area contributed by atoms with Crippen LogP contribution in [-0.4, -0.2) is 36.4 Å². The van der Waals surface area contributed by atoms with Crippen LogP contribution in [0.15, 0.2) is 41.0 Å². The fourth-order valence-corrected chi connectivity index (χ4v) is 2.48. The highest BCUT2D eigenvalue weighted by Crippen LogP contribution is 2.17. The van der Waals surface area contributed by atoms with Crippen LogP contribution in [0.25, 0.3) is 0 Å². The zero-order chi connectivity index (χ0) is 13.9. The number of amidine groups is 1. The molecule has 1 aromatic carbocycles. The first-order valence-electron chi connectivity index (χ1n) is 6.88. The number of nitrogens with zero attached hydrogens (tertiary/aromatic N) is 2. The van der Waals surface area contributed by atoms with Crippen LogP contribution in [-0.2, 0) is 0 Å². The van der Waals surface area contributed by atoms with Crippen molar-refractivity contribution in [3.8, 4) is 0 Å². The molecule has 0 bridgehead atoms. The summed E-state index contributed by atoms with van der Waals surface area (Å²) in [7, 11) is 0. The molecule has 0 saturated carbocycles. The van der Waals surface area contributed by atoms with E-state index in [9.17, 15) is 4.79 Å². The van der Waals surface area contributed by atoms with Gasteiger partial charge in [0.2, 0.25) is 0 Å². The molecule has 2 heterocycles. The fraction of sp³-hybridized carbons (Fsp3) is 0.333. The van der Waals surface area contributed by atoms with Gasteiger partial charge in [0.1, 0.15) is 5.84 Å². The lowest BCUT2D eigenvalue weighted by Gasteiger charge is -2.18. The standard InChI is InChI=1S/C15H18N4O/c1-11-4-3-9-19(11)15(20)18-13-6-2-5-12(10-13)14-16-7-8-17-14/h2,4-6,10H,3,7-9H2,1H3,(H,16,17)(H,18,20). The number of carbonyl (C=O) groups is 1. The number of nitrogens with one attached hydrogen (secondary N) is 2. The second-order valence-corrected chi connectivity index (χ2v) is 4.95. The average Bonchev–Trinajstić information content (AvgIpc) is 3.09. The number of urea groups is 1. The summed E-state index contributed by atoms with van der Waals surface area (Å²) in [5, 5.41) is 6.17. The highest BCUT2D eigenvalue weighted by Gasteiger charge is 2.19. The van der Waals surface area contributed by atoms with E-state index in [-0.39, 0.29) is 6.03 Å². The molecule has 5 nitrogen and oxygen atoms in total. The summed E-state index contributed by atoms with van der Waals surface area (Å²) in [6, 6.07) is 7.69. The van der Waals surface area contributed by atoms with Crippen LogP contribution in [0.1, 0.15) is 18.9 Å². The Bertz CT molecular complexity index is 591. The lowest BCUT2D eigenvalue weighted by atomic mass is 10.2. The summed E-state index contributed by atoms with van der Waals surface area (Å²) in [5.41, 5.74) is 2.82. The Kier molecular flexibility index (Phi) is 3.41. The van der Waals surface area contributed by atoms with Crippen LogP contribution in [0.2, 0.25) is 0 Å². The normalized spacial score (nSPS) is 17.6. The first kappa shape index (κ1) is 12.7. The Labute approximate surface area is 118 Å². The van der Waals surface area contributed by atoms with Crippen molar-refractivity contribution in [2.75, 3.05) is 25.0 Å². The van der Waals surface area contributed by atoms with Crippen molar-refractivity contribution in [1.29, 1.82) is 0 Å². The largest absolute Gasteiger partial charge is 0.368 e. The van der Waals surface area contributed by atoms with Crippen LogP contribution < -0.4 is 10.6 Å². The molecule has 20 heavy (non-hydrogen) atoms. The molecule has 0 fully saturated rings. The number of allylic oxidation sites excluding steroid dienone is 1. The molecule has 2 amide bonds. The summed E-state index contributed by atoms with van der Waals surface area (Å²) in [4.78, 5) is 18.3. The minimum atomic E-state index is -0.0743. The molecule has 0 atom stereocenters. The molecule has 2 aliphatic heterocycles. The van der Waals surface area contributed by atoms with Gasteiger partial charge in [-0.3, -0.25) is 9.89 Å². The number of hydrogen-bond donors (Lipinski definition) is 2. The van der Waals surface area contributed by atoms with Gasteiger partial charge in [0.25, 0.3) is 0 Å². The first-order valence-corrected chi connectivity index (χ1v) is 6.88. The number of amides is 2. The third-order valence-corrected chi connectivity index (χ3v) is 3.52. The van der Waals surface area contributed by atoms with E-state index < -0.39 is 0 Å². The summed E-state index contributed by atoms with van der Waals surface area (Å²) in [6.07, 6.45) is 3.01. The summed E-state index contributed by atoms with van der Waals surface area (Å²) in [5.74, 6) is 0.901. The van der Waals surface area contributed by atoms with E-state index >= 15 is 0 Å². The molecule has 5 heteroatoms. The molecule has 0 spiro atoms. The maximum atomic E-state index is 12.2. The highest BCUT2D eigenvalue weighted by atomic mass is 16.2. The van der Waals surface area contributed by atoms with Gasteiger partial charge < -0.3 is 10.6 Å². The van der Waals surface area contributed by atoms with Gasteiger partial charge in [-0.05, 0) is 25.5 Å². The molecule has 0 aliphatic carbocycles. The van der Waals surface area contributed by atoms with Crippen molar-refractivity contribution < 1.29 is 4.79 Å². The van der Waals surface area contributed by atoms with Gasteiger partial charge in [-0.2, -0.15) is 0 Å². The number of hydrogen-bond acceptors (Lipinski definition) is 3. The molecule has 2 aliphatic rings. The highest BCUT2D eigenvalue weighted by molar-refractivity contribution is 6.01. The molecular weight excluding hydrogens is 252 g/mol. The third-order valence-electron chi connectivity index (χ3n) is 3.52. The van der Waals surface area contributed by atoms with Crippen LogP contribution in [0.4, 0.5) is 10.5 Å². The van der Waals surface area contributed by atoms with Crippen molar-refractivity contribution in [1.82, 2.24) is 10.2 Å². The fourth-order valence-electron chi connectivity index (χ4n) is 2.48. The molecule has 0 aromatic heterocycles. The van der Waals surface area contributed by atoms with Crippen molar-refractivity contribution in [3.05, 3.63) is 41.6 Å². The topological polar surface area (TPSA) is 56.7 Å². The first-order chi connectivity index (χ1) is 9.74. The Morgan fingerprint density at radius 1 is 1.45 bits per heavy atom. The van der Waals surface area contributed by atoms with Gasteiger partial charge in [-0.25, -0.2) is 4.79 Å². The Hall–Kier alpha value is -2.30. The molecule has 0 radical (unpaired) electrons. The zero-order valence-corrected chi connectivity index (χ0v) is 11.5. The van der Waals surface area contributed by atoms with Gasteiger partial charge >= 0.3 is 6.03 Å². The third kappa shape index (κ3) is 2.52. The predicted molar refractivity (Wildman–Crippen MR) is 79.9 cm³/mol. The summed E-state index contributed by atoms with van der Waals surface area (Å²) >= 11 is 0.